The first kappa shape index (κ1) is 14.8. The Morgan fingerprint density at radius 2 is 1.50 bits per heavy atom. The molecular weight excluding hydrogens is 264 g/mol. The predicted molar refractivity (Wildman–Crippen MR) is 88.5 cm³/mol. The zero-order valence-electron chi connectivity index (χ0n) is 12.6. The predicted octanol–water partition coefficient (Wildman–Crippen LogP) is 4.72. The molecule has 2 aromatic rings. The van der Waals surface area contributed by atoms with Gasteiger partial charge in [0.1, 0.15) is 0 Å². The Morgan fingerprint density at radius 1 is 0.900 bits per heavy atom. The van der Waals surface area contributed by atoms with Gasteiger partial charge in [0.2, 0.25) is 0 Å². The highest BCUT2D eigenvalue weighted by atomic mass is 32.1. The Hall–Kier alpha value is -1.61. The van der Waals surface area contributed by atoms with Gasteiger partial charge in [0.15, 0.2) is 4.80 Å². The fourth-order valence-electron chi connectivity index (χ4n) is 2.06. The van der Waals surface area contributed by atoms with Gasteiger partial charge in [0.25, 0.3) is 0 Å². The number of fused-ring (bicyclic) bond motifs is 1. The molecule has 0 amide bonds. The molecule has 2 rings (SSSR count). The fourth-order valence-corrected chi connectivity index (χ4v) is 3.34. The van der Waals surface area contributed by atoms with E-state index >= 15 is 0 Å². The summed E-state index contributed by atoms with van der Waals surface area (Å²) in [6.07, 6.45) is 0. The molecule has 0 atom stereocenters. The topological polar surface area (TPSA) is 17.3 Å². The molecule has 0 N–H and O–H groups in total. The summed E-state index contributed by atoms with van der Waals surface area (Å²) in [6, 6.07) is 17.4. The van der Waals surface area contributed by atoms with Gasteiger partial charge in [-0.3, -0.25) is 4.99 Å². The van der Waals surface area contributed by atoms with Crippen molar-refractivity contribution < 1.29 is 0 Å². The summed E-state index contributed by atoms with van der Waals surface area (Å²) < 4.78 is 3.58. The summed E-state index contributed by atoms with van der Waals surface area (Å²) in [4.78, 5) is 5.87. The second kappa shape index (κ2) is 6.71. The molecule has 20 heavy (non-hydrogen) atoms. The fraction of sp³-hybridized carbons (Fsp3) is 0.353. The molecule has 1 aromatic carbocycles. The number of hydrogen-bond donors (Lipinski definition) is 0. The van der Waals surface area contributed by atoms with E-state index in [2.05, 4.69) is 68.7 Å². The lowest BCUT2D eigenvalue weighted by Crippen LogP contribution is -2.18. The number of hydrogen-bond acceptors (Lipinski definition) is 2. The van der Waals surface area contributed by atoms with Gasteiger partial charge in [-0.1, -0.05) is 47.7 Å². The summed E-state index contributed by atoms with van der Waals surface area (Å²) in [7, 11) is 0. The van der Waals surface area contributed by atoms with Crippen LogP contribution in [0.15, 0.2) is 53.5 Å². The van der Waals surface area contributed by atoms with Gasteiger partial charge in [0.05, 0.1) is 10.2 Å². The summed E-state index contributed by atoms with van der Waals surface area (Å²) >= 11 is 1.76. The second-order valence-electron chi connectivity index (χ2n) is 5.31. The van der Waals surface area contributed by atoms with E-state index in [9.17, 15) is 0 Å². The molecule has 0 aliphatic heterocycles. The molecule has 0 saturated heterocycles. The van der Waals surface area contributed by atoms with Crippen LogP contribution in [0.4, 0.5) is 0 Å². The molecule has 0 spiro atoms. The summed E-state index contributed by atoms with van der Waals surface area (Å²) in [6.45, 7) is 8.65. The largest absolute Gasteiger partial charge is 0.314 e. The van der Waals surface area contributed by atoms with E-state index in [0.29, 0.717) is 12.1 Å². The lowest BCUT2D eigenvalue weighted by atomic mass is 10.3. The van der Waals surface area contributed by atoms with E-state index in [1.54, 1.807) is 11.3 Å². The van der Waals surface area contributed by atoms with Gasteiger partial charge >= 0.3 is 0 Å². The van der Waals surface area contributed by atoms with Gasteiger partial charge in [-0.25, -0.2) is 0 Å². The van der Waals surface area contributed by atoms with E-state index < -0.39 is 0 Å². The SMILES string of the molecule is CC(C)N=c1sc2ccccccccc2n1C(C)C. The Balaban J connectivity index is 2.88. The average Bonchev–Trinajstić information content (AvgIpc) is 2.70. The average molecular weight is 286 g/mol. The Morgan fingerprint density at radius 3 is 2.10 bits per heavy atom. The number of nitrogens with zero attached hydrogens (tertiary/aromatic N) is 2. The van der Waals surface area contributed by atoms with E-state index in [-0.39, 0.29) is 0 Å². The third-order valence-electron chi connectivity index (χ3n) is 2.86. The maximum atomic E-state index is 4.77. The molecule has 3 heteroatoms. The van der Waals surface area contributed by atoms with E-state index in [0.717, 1.165) is 4.80 Å². The lowest BCUT2D eigenvalue weighted by Gasteiger charge is -2.08. The number of aromatic nitrogens is 1. The molecular formula is C17H22N2S. The maximum absolute atomic E-state index is 4.77. The minimum atomic E-state index is 0.308. The molecule has 2 nitrogen and oxygen atoms in total. The highest BCUT2D eigenvalue weighted by Gasteiger charge is 2.07. The smallest absolute Gasteiger partial charge is 0.186 e. The third kappa shape index (κ3) is 3.48. The first-order valence-electron chi connectivity index (χ1n) is 7.07. The first-order valence-corrected chi connectivity index (χ1v) is 7.88. The highest BCUT2D eigenvalue weighted by molar-refractivity contribution is 7.16. The summed E-state index contributed by atoms with van der Waals surface area (Å²) in [5, 5.41) is 0. The van der Waals surface area contributed by atoms with Crippen LogP contribution in [-0.2, 0) is 0 Å². The lowest BCUT2D eigenvalue weighted by molar-refractivity contribution is 0.593. The maximum Gasteiger partial charge on any atom is 0.186 e. The third-order valence-corrected chi connectivity index (χ3v) is 3.91. The molecule has 1 aromatic heterocycles. The van der Waals surface area contributed by atoms with Crippen molar-refractivity contribution in [1.82, 2.24) is 4.57 Å². The molecule has 0 unspecified atom stereocenters. The van der Waals surface area contributed by atoms with Crippen LogP contribution >= 0.6 is 11.3 Å². The zero-order chi connectivity index (χ0) is 14.5. The van der Waals surface area contributed by atoms with Crippen LogP contribution in [0.2, 0.25) is 0 Å². The van der Waals surface area contributed by atoms with Gasteiger partial charge in [0, 0.05) is 12.1 Å². The normalized spacial score (nSPS) is 12.2. The van der Waals surface area contributed by atoms with Crippen LogP contribution in [0.5, 0.6) is 0 Å². The molecule has 1 heterocycles. The molecule has 0 bridgehead atoms. The summed E-state index contributed by atoms with van der Waals surface area (Å²) in [5.41, 5.74) is 1.24. The van der Waals surface area contributed by atoms with E-state index in [4.69, 9.17) is 4.99 Å². The van der Waals surface area contributed by atoms with E-state index in [1.807, 2.05) is 12.1 Å². The van der Waals surface area contributed by atoms with Crippen molar-refractivity contribution >= 4 is 21.6 Å². The van der Waals surface area contributed by atoms with Gasteiger partial charge < -0.3 is 4.57 Å². The van der Waals surface area contributed by atoms with Crippen LogP contribution in [0.1, 0.15) is 33.7 Å². The quantitative estimate of drug-likeness (QED) is 0.760. The molecule has 0 aliphatic rings. The van der Waals surface area contributed by atoms with Crippen molar-refractivity contribution in [2.75, 3.05) is 0 Å². The van der Waals surface area contributed by atoms with Crippen LogP contribution in [0, 0.1) is 0 Å². The summed E-state index contributed by atoms with van der Waals surface area (Å²) in [5.74, 6) is 0. The first-order chi connectivity index (χ1) is 9.59. The van der Waals surface area contributed by atoms with Crippen LogP contribution in [0.3, 0.4) is 0 Å². The van der Waals surface area contributed by atoms with Gasteiger partial charge in [-0.15, -0.1) is 0 Å². The van der Waals surface area contributed by atoms with Crippen molar-refractivity contribution in [1.29, 1.82) is 0 Å². The Bertz CT molecular complexity index is 691. The molecule has 0 radical (unpaired) electrons. The van der Waals surface area contributed by atoms with Gasteiger partial charge in [-0.2, -0.15) is 0 Å². The Kier molecular flexibility index (Phi) is 4.96. The molecule has 0 saturated carbocycles. The van der Waals surface area contributed by atoms with Crippen molar-refractivity contribution in [2.24, 2.45) is 4.99 Å². The Labute approximate surface area is 124 Å². The molecule has 106 valence electrons. The van der Waals surface area contributed by atoms with Crippen LogP contribution in [-0.4, -0.2) is 10.6 Å². The molecule has 0 aliphatic carbocycles. The second-order valence-corrected chi connectivity index (χ2v) is 6.32. The standard InChI is InChI=1S/C17H22N2S/c1-13(2)18-17-19(14(3)4)15-11-9-7-5-6-8-10-12-16(15)20-17/h5-14H,1-4H3. The minimum Gasteiger partial charge on any atom is -0.314 e. The van der Waals surface area contributed by atoms with Crippen molar-refractivity contribution in [3.05, 3.63) is 53.3 Å². The van der Waals surface area contributed by atoms with Crippen LogP contribution < -0.4 is 4.80 Å². The zero-order valence-corrected chi connectivity index (χ0v) is 13.4. The number of thiazole rings is 1. The molecule has 0 fully saturated rings. The number of rotatable bonds is 2. The monoisotopic (exact) mass is 286 g/mol. The highest BCUT2D eigenvalue weighted by Crippen LogP contribution is 2.18. The minimum absolute atomic E-state index is 0.308. The van der Waals surface area contributed by atoms with Crippen molar-refractivity contribution in [3.8, 4) is 0 Å². The van der Waals surface area contributed by atoms with Crippen LogP contribution in [0.25, 0.3) is 10.2 Å². The van der Waals surface area contributed by atoms with Crippen molar-refractivity contribution in [2.45, 2.75) is 39.8 Å². The van der Waals surface area contributed by atoms with Gasteiger partial charge in [-0.05, 0) is 39.8 Å². The van der Waals surface area contributed by atoms with Crippen molar-refractivity contribution in [3.63, 3.8) is 0 Å². The van der Waals surface area contributed by atoms with E-state index in [1.165, 1.54) is 10.2 Å².